The summed E-state index contributed by atoms with van der Waals surface area (Å²) in [7, 11) is -3.59. The van der Waals surface area contributed by atoms with Crippen molar-refractivity contribution in [1.82, 2.24) is 4.98 Å². The fourth-order valence-corrected chi connectivity index (χ4v) is 1.02. The Labute approximate surface area is 81.8 Å². The van der Waals surface area contributed by atoms with Crippen LogP contribution in [0.5, 0.6) is 5.95 Å². The summed E-state index contributed by atoms with van der Waals surface area (Å²) >= 11 is 0. The zero-order valence-corrected chi connectivity index (χ0v) is 8.27. The second-order valence-electron chi connectivity index (χ2n) is 2.37. The molecule has 14 heavy (non-hydrogen) atoms. The summed E-state index contributed by atoms with van der Waals surface area (Å²) in [5, 5.41) is 0. The highest BCUT2D eigenvalue weighted by molar-refractivity contribution is 7.86. The largest absolute Gasteiger partial charge is 0.432 e. The molecule has 1 rings (SSSR count). The maximum Gasteiger partial charge on any atom is 0.320 e. The first-order valence-electron chi connectivity index (χ1n) is 3.69. The van der Waals surface area contributed by atoms with E-state index < -0.39 is 10.1 Å². The molecule has 0 aliphatic rings. The number of aromatic nitrogens is 1. The molecule has 0 aliphatic heterocycles. The van der Waals surface area contributed by atoms with E-state index in [4.69, 9.17) is 4.42 Å². The van der Waals surface area contributed by atoms with E-state index in [-0.39, 0.29) is 5.95 Å². The predicted octanol–water partition coefficient (Wildman–Crippen LogP) is 1.14. The van der Waals surface area contributed by atoms with Crippen LogP contribution in [0.1, 0.15) is 0 Å². The van der Waals surface area contributed by atoms with Gasteiger partial charge < -0.3 is 8.60 Å². The minimum Gasteiger partial charge on any atom is -0.432 e. The Morgan fingerprint density at radius 2 is 2.14 bits per heavy atom. The smallest absolute Gasteiger partial charge is 0.320 e. The molecule has 1 heterocycles. The molecule has 0 N–H and O–H groups in total. The third kappa shape index (κ3) is 4.46. The lowest BCUT2D eigenvalue weighted by atomic mass is 10.6. The van der Waals surface area contributed by atoms with Crippen molar-refractivity contribution in [3.63, 3.8) is 0 Å². The SMILES string of the molecule is CS(=O)(=O)Oc1cnccccco1. The Kier molecular flexibility index (Phi) is 3.47. The average molecular weight is 215 g/mol. The van der Waals surface area contributed by atoms with Gasteiger partial charge >= 0.3 is 16.1 Å². The zero-order valence-electron chi connectivity index (χ0n) is 7.45. The van der Waals surface area contributed by atoms with Crippen molar-refractivity contribution >= 4 is 10.1 Å². The molecule has 0 spiro atoms. The Hall–Kier alpha value is -1.56. The molecular weight excluding hydrogens is 206 g/mol. The van der Waals surface area contributed by atoms with Gasteiger partial charge in [0, 0.05) is 6.20 Å². The minimum atomic E-state index is -3.59. The van der Waals surface area contributed by atoms with Crippen molar-refractivity contribution < 1.29 is 17.0 Å². The molecule has 0 aliphatic carbocycles. The molecule has 5 nitrogen and oxygen atoms in total. The third-order valence-corrected chi connectivity index (χ3v) is 1.54. The number of nitrogens with zero attached hydrogens (tertiary/aromatic N) is 1. The van der Waals surface area contributed by atoms with Crippen molar-refractivity contribution in [2.45, 2.75) is 0 Å². The van der Waals surface area contributed by atoms with Crippen molar-refractivity contribution in [3.8, 4) is 5.95 Å². The first-order chi connectivity index (χ1) is 6.58. The van der Waals surface area contributed by atoms with Gasteiger partial charge in [0.25, 0.3) is 0 Å². The van der Waals surface area contributed by atoms with E-state index in [0.29, 0.717) is 0 Å². The maximum absolute atomic E-state index is 10.7. The van der Waals surface area contributed by atoms with Gasteiger partial charge in [-0.15, -0.1) is 0 Å². The maximum atomic E-state index is 10.7. The van der Waals surface area contributed by atoms with E-state index in [1.54, 1.807) is 18.2 Å². The van der Waals surface area contributed by atoms with Gasteiger partial charge in [-0.1, -0.05) is 6.07 Å². The third-order valence-electron chi connectivity index (χ3n) is 1.07. The van der Waals surface area contributed by atoms with E-state index in [1.807, 2.05) is 0 Å². The van der Waals surface area contributed by atoms with Crippen molar-refractivity contribution in [3.05, 3.63) is 36.9 Å². The highest BCUT2D eigenvalue weighted by Crippen LogP contribution is 2.06. The number of hydrogen-bond acceptors (Lipinski definition) is 5. The van der Waals surface area contributed by atoms with E-state index >= 15 is 0 Å². The quantitative estimate of drug-likeness (QED) is 0.692. The van der Waals surface area contributed by atoms with Gasteiger partial charge in [-0.2, -0.15) is 8.42 Å². The van der Waals surface area contributed by atoms with Crippen LogP contribution in [-0.4, -0.2) is 19.7 Å². The zero-order chi connectivity index (χ0) is 10.4. The molecule has 0 bridgehead atoms. The van der Waals surface area contributed by atoms with Crippen LogP contribution < -0.4 is 4.18 Å². The Morgan fingerprint density at radius 1 is 1.36 bits per heavy atom. The molecule has 6 heteroatoms. The van der Waals surface area contributed by atoms with Gasteiger partial charge in [-0.05, 0) is 12.1 Å². The molecule has 0 radical (unpaired) electrons. The standard InChI is InChI=1S/C8H9NO4S/c1-14(10,11)13-8-7-9-5-3-2-4-6-12-8/h2-7H,1H3. The second kappa shape index (κ2) is 4.61. The number of hydrogen-bond donors (Lipinski definition) is 0. The van der Waals surface area contributed by atoms with Crippen molar-refractivity contribution in [1.29, 1.82) is 0 Å². The van der Waals surface area contributed by atoms with Crippen LogP contribution in [-0.2, 0) is 10.1 Å². The monoisotopic (exact) mass is 215 g/mol. The van der Waals surface area contributed by atoms with Crippen molar-refractivity contribution in [2.75, 3.05) is 6.26 Å². The van der Waals surface area contributed by atoms with Crippen LogP contribution in [0, 0.1) is 0 Å². The molecule has 0 unspecified atom stereocenters. The highest BCUT2D eigenvalue weighted by atomic mass is 32.2. The van der Waals surface area contributed by atoms with Crippen LogP contribution in [0.3, 0.4) is 0 Å². The average Bonchev–Trinajstić information content (AvgIpc) is 2.15. The molecule has 0 atom stereocenters. The Balaban J connectivity index is 3.06. The molecule has 1 aromatic rings. The first-order valence-corrected chi connectivity index (χ1v) is 5.51. The van der Waals surface area contributed by atoms with Crippen LogP contribution in [0.15, 0.2) is 41.3 Å². The lowest BCUT2D eigenvalue weighted by Crippen LogP contribution is -2.05. The lowest BCUT2D eigenvalue weighted by Gasteiger charge is -1.96. The minimum absolute atomic E-state index is 0.191. The first kappa shape index (κ1) is 10.5. The van der Waals surface area contributed by atoms with Gasteiger partial charge in [0.05, 0.1) is 12.5 Å². The molecular formula is C8H9NO4S. The molecule has 0 amide bonds. The summed E-state index contributed by atoms with van der Waals surface area (Å²) in [6.07, 6.45) is 4.86. The summed E-state index contributed by atoms with van der Waals surface area (Å²) in [4.78, 5) is 3.73. The Bertz CT molecular complexity index is 412. The summed E-state index contributed by atoms with van der Waals surface area (Å²) < 4.78 is 30.8. The van der Waals surface area contributed by atoms with Crippen molar-refractivity contribution in [2.24, 2.45) is 0 Å². The molecule has 0 fully saturated rings. The van der Waals surface area contributed by atoms with Gasteiger partial charge in [0.2, 0.25) is 0 Å². The molecule has 76 valence electrons. The Morgan fingerprint density at radius 3 is 2.86 bits per heavy atom. The second-order valence-corrected chi connectivity index (χ2v) is 3.94. The van der Waals surface area contributed by atoms with Gasteiger partial charge in [-0.3, -0.25) is 4.98 Å². The highest BCUT2D eigenvalue weighted by Gasteiger charge is 2.03. The normalized spacial score (nSPS) is 10.4. The summed E-state index contributed by atoms with van der Waals surface area (Å²) in [6, 6.07) is 4.93. The lowest BCUT2D eigenvalue weighted by molar-refractivity contribution is 0.376. The summed E-state index contributed by atoms with van der Waals surface area (Å²) in [5.41, 5.74) is 0. The van der Waals surface area contributed by atoms with Crippen LogP contribution in [0.4, 0.5) is 0 Å². The molecule has 0 saturated carbocycles. The summed E-state index contributed by atoms with van der Waals surface area (Å²) in [6.45, 7) is 0. The fraction of sp³-hybridized carbons (Fsp3) is 0.125. The molecule has 0 aromatic carbocycles. The fourth-order valence-electron chi connectivity index (χ4n) is 0.640. The van der Waals surface area contributed by atoms with E-state index in [0.717, 1.165) is 6.26 Å². The van der Waals surface area contributed by atoms with Gasteiger partial charge in [0.1, 0.15) is 6.20 Å². The molecule has 0 saturated heterocycles. The van der Waals surface area contributed by atoms with E-state index in [1.165, 1.54) is 18.7 Å². The van der Waals surface area contributed by atoms with E-state index in [9.17, 15) is 8.42 Å². The molecule has 1 aromatic heterocycles. The summed E-state index contributed by atoms with van der Waals surface area (Å²) in [5.74, 6) is -0.191. The predicted molar refractivity (Wildman–Crippen MR) is 49.6 cm³/mol. The van der Waals surface area contributed by atoms with Crippen LogP contribution in [0.25, 0.3) is 0 Å². The van der Waals surface area contributed by atoms with Crippen LogP contribution in [0.2, 0.25) is 0 Å². The van der Waals surface area contributed by atoms with Gasteiger partial charge in [-0.25, -0.2) is 0 Å². The van der Waals surface area contributed by atoms with Gasteiger partial charge in [0.15, 0.2) is 0 Å². The topological polar surface area (TPSA) is 69.4 Å². The van der Waals surface area contributed by atoms with E-state index in [2.05, 4.69) is 9.17 Å². The number of rotatable bonds is 2. The van der Waals surface area contributed by atoms with Crippen LogP contribution >= 0.6 is 0 Å².